The van der Waals surface area contributed by atoms with Crippen LogP contribution in [0.3, 0.4) is 0 Å². The monoisotopic (exact) mass is 269 g/mol. The molecule has 1 saturated heterocycles. The Balaban J connectivity index is 2.15. The Hall–Kier alpha value is -0.710. The van der Waals surface area contributed by atoms with Gasteiger partial charge in [-0.05, 0) is 26.3 Å². The van der Waals surface area contributed by atoms with Gasteiger partial charge >= 0.3 is 0 Å². The Morgan fingerprint density at radius 1 is 1.56 bits per heavy atom. The van der Waals surface area contributed by atoms with Crippen LogP contribution in [0, 0.1) is 6.92 Å². The fraction of sp³-hybridized carbons (Fsp3) is 0.692. The van der Waals surface area contributed by atoms with Gasteiger partial charge < -0.3 is 4.74 Å². The molecule has 0 radical (unpaired) electrons. The number of ether oxygens (including phenoxy) is 1. The van der Waals surface area contributed by atoms with E-state index in [0.717, 1.165) is 36.8 Å². The maximum absolute atomic E-state index is 5.88. The molecule has 2 heterocycles. The number of hydrogen-bond donors (Lipinski definition) is 0. The quantitative estimate of drug-likeness (QED) is 0.790. The number of alkyl halides is 1. The lowest BCUT2D eigenvalue weighted by Crippen LogP contribution is -2.42. The van der Waals surface area contributed by atoms with E-state index in [-0.39, 0.29) is 6.10 Å². The molecule has 0 saturated carbocycles. The number of aromatic nitrogens is 2. The Labute approximate surface area is 113 Å². The van der Waals surface area contributed by atoms with Crippen molar-refractivity contribution in [3.63, 3.8) is 0 Å². The van der Waals surface area contributed by atoms with Gasteiger partial charge in [-0.2, -0.15) is 0 Å². The van der Waals surface area contributed by atoms with Gasteiger partial charge in [0.15, 0.2) is 5.82 Å². The van der Waals surface area contributed by atoms with Crippen molar-refractivity contribution in [3.05, 3.63) is 23.3 Å². The predicted molar refractivity (Wildman–Crippen MR) is 71.7 cm³/mol. The molecule has 1 aliphatic rings. The second kappa shape index (κ2) is 5.95. The zero-order valence-electron chi connectivity index (χ0n) is 11.2. The molecule has 18 heavy (non-hydrogen) atoms. The largest absolute Gasteiger partial charge is 0.368 e. The van der Waals surface area contributed by atoms with Gasteiger partial charge in [-0.15, -0.1) is 11.6 Å². The van der Waals surface area contributed by atoms with Gasteiger partial charge in [0.1, 0.15) is 6.10 Å². The number of rotatable bonds is 3. The highest BCUT2D eigenvalue weighted by Crippen LogP contribution is 2.21. The van der Waals surface area contributed by atoms with Crippen LogP contribution in [0.15, 0.2) is 6.20 Å². The molecule has 0 aromatic carbocycles. The molecule has 0 amide bonds. The van der Waals surface area contributed by atoms with E-state index in [1.165, 1.54) is 0 Å². The number of aryl methyl sites for hydroxylation is 1. The summed E-state index contributed by atoms with van der Waals surface area (Å²) >= 11 is 5.88. The van der Waals surface area contributed by atoms with Crippen molar-refractivity contribution < 1.29 is 4.74 Å². The van der Waals surface area contributed by atoms with E-state index in [1.807, 2.05) is 13.1 Å². The highest BCUT2D eigenvalue weighted by molar-refractivity contribution is 6.16. The van der Waals surface area contributed by atoms with Gasteiger partial charge in [0.05, 0.1) is 18.2 Å². The number of halogens is 1. The average Bonchev–Trinajstić information content (AvgIpc) is 2.39. The third-order valence-corrected chi connectivity index (χ3v) is 3.59. The van der Waals surface area contributed by atoms with E-state index in [4.69, 9.17) is 16.3 Å². The van der Waals surface area contributed by atoms with Crippen molar-refractivity contribution in [2.75, 3.05) is 19.7 Å². The summed E-state index contributed by atoms with van der Waals surface area (Å²) in [6.07, 6.45) is 1.79. The van der Waals surface area contributed by atoms with Gasteiger partial charge in [0, 0.05) is 25.3 Å². The van der Waals surface area contributed by atoms with Crippen LogP contribution in [-0.4, -0.2) is 40.6 Å². The van der Waals surface area contributed by atoms with Crippen LogP contribution in [0.2, 0.25) is 0 Å². The highest BCUT2D eigenvalue weighted by Gasteiger charge is 2.25. The maximum Gasteiger partial charge on any atom is 0.158 e. The fourth-order valence-electron chi connectivity index (χ4n) is 2.08. The van der Waals surface area contributed by atoms with E-state index >= 15 is 0 Å². The SMILES string of the molecule is Cc1cnc(C2CN(C(C)C)CCO2)nc1CCl. The molecule has 100 valence electrons. The molecule has 0 spiro atoms. The third kappa shape index (κ3) is 2.99. The first-order valence-corrected chi connectivity index (χ1v) is 6.89. The Morgan fingerprint density at radius 3 is 3.00 bits per heavy atom. The molecule has 2 rings (SSSR count). The number of nitrogens with zero attached hydrogens (tertiary/aromatic N) is 3. The van der Waals surface area contributed by atoms with Crippen molar-refractivity contribution >= 4 is 11.6 Å². The van der Waals surface area contributed by atoms with Crippen LogP contribution < -0.4 is 0 Å². The lowest BCUT2D eigenvalue weighted by Gasteiger charge is -2.34. The van der Waals surface area contributed by atoms with Gasteiger partial charge in [0.2, 0.25) is 0 Å². The van der Waals surface area contributed by atoms with E-state index in [1.54, 1.807) is 0 Å². The summed E-state index contributed by atoms with van der Waals surface area (Å²) < 4.78 is 5.77. The smallest absolute Gasteiger partial charge is 0.158 e. The van der Waals surface area contributed by atoms with Gasteiger partial charge in [0.25, 0.3) is 0 Å². The van der Waals surface area contributed by atoms with Crippen LogP contribution in [0.1, 0.15) is 37.0 Å². The summed E-state index contributed by atoms with van der Waals surface area (Å²) in [5.41, 5.74) is 1.93. The van der Waals surface area contributed by atoms with Gasteiger partial charge in [-0.25, -0.2) is 9.97 Å². The molecule has 1 unspecified atom stereocenters. The van der Waals surface area contributed by atoms with Gasteiger partial charge in [-0.1, -0.05) is 0 Å². The van der Waals surface area contributed by atoms with Crippen LogP contribution in [0.5, 0.6) is 0 Å². The molecule has 0 aliphatic carbocycles. The molecular weight excluding hydrogens is 250 g/mol. The van der Waals surface area contributed by atoms with E-state index in [0.29, 0.717) is 11.9 Å². The van der Waals surface area contributed by atoms with Crippen LogP contribution in [0.25, 0.3) is 0 Å². The van der Waals surface area contributed by atoms with Gasteiger partial charge in [-0.3, -0.25) is 4.90 Å². The summed E-state index contributed by atoms with van der Waals surface area (Å²) in [6.45, 7) is 8.93. The van der Waals surface area contributed by atoms with Crippen molar-refractivity contribution in [3.8, 4) is 0 Å². The minimum absolute atomic E-state index is 0.0382. The summed E-state index contributed by atoms with van der Waals surface area (Å²) in [5.74, 6) is 1.17. The average molecular weight is 270 g/mol. The third-order valence-electron chi connectivity index (χ3n) is 3.34. The molecular formula is C13H20ClN3O. The van der Waals surface area contributed by atoms with E-state index < -0.39 is 0 Å². The first kappa shape index (κ1) is 13.7. The standard InChI is InChI=1S/C13H20ClN3O/c1-9(2)17-4-5-18-12(8-17)13-15-7-10(3)11(6-14)16-13/h7,9,12H,4-6,8H2,1-3H3. The first-order chi connectivity index (χ1) is 8.61. The summed E-state index contributed by atoms with van der Waals surface area (Å²) in [4.78, 5) is 11.3. The number of morpholine rings is 1. The van der Waals surface area contributed by atoms with Crippen LogP contribution in [-0.2, 0) is 10.6 Å². The Kier molecular flexibility index (Phi) is 4.54. The molecule has 1 atom stereocenters. The molecule has 0 bridgehead atoms. The zero-order chi connectivity index (χ0) is 13.1. The minimum Gasteiger partial charge on any atom is -0.368 e. The molecule has 1 fully saturated rings. The van der Waals surface area contributed by atoms with Crippen LogP contribution >= 0.6 is 11.6 Å². The predicted octanol–water partition coefficient (Wildman–Crippen LogP) is 2.31. The lowest BCUT2D eigenvalue weighted by molar-refractivity contribution is -0.0443. The fourth-order valence-corrected chi connectivity index (χ4v) is 2.35. The lowest BCUT2D eigenvalue weighted by atomic mass is 10.2. The second-order valence-corrected chi connectivity index (χ2v) is 5.21. The maximum atomic E-state index is 5.88. The zero-order valence-corrected chi connectivity index (χ0v) is 11.9. The van der Waals surface area contributed by atoms with Crippen molar-refractivity contribution in [2.24, 2.45) is 0 Å². The number of hydrogen-bond acceptors (Lipinski definition) is 4. The molecule has 1 aromatic heterocycles. The normalized spacial score (nSPS) is 21.5. The van der Waals surface area contributed by atoms with Crippen molar-refractivity contribution in [1.82, 2.24) is 14.9 Å². The minimum atomic E-state index is -0.0382. The van der Waals surface area contributed by atoms with E-state index in [9.17, 15) is 0 Å². The summed E-state index contributed by atoms with van der Waals surface area (Å²) in [6, 6.07) is 0.523. The molecule has 4 nitrogen and oxygen atoms in total. The topological polar surface area (TPSA) is 38.2 Å². The molecule has 1 aromatic rings. The van der Waals surface area contributed by atoms with Crippen molar-refractivity contribution in [2.45, 2.75) is 38.8 Å². The van der Waals surface area contributed by atoms with Crippen LogP contribution in [0.4, 0.5) is 0 Å². The second-order valence-electron chi connectivity index (χ2n) is 4.94. The molecule has 5 heteroatoms. The Morgan fingerprint density at radius 2 is 2.33 bits per heavy atom. The first-order valence-electron chi connectivity index (χ1n) is 6.36. The molecule has 1 aliphatic heterocycles. The van der Waals surface area contributed by atoms with E-state index in [2.05, 4.69) is 28.7 Å². The summed E-state index contributed by atoms with van der Waals surface area (Å²) in [7, 11) is 0. The molecule has 0 N–H and O–H groups in total. The van der Waals surface area contributed by atoms with Crippen molar-refractivity contribution in [1.29, 1.82) is 0 Å². The highest BCUT2D eigenvalue weighted by atomic mass is 35.5. The Bertz CT molecular complexity index is 411. The summed E-state index contributed by atoms with van der Waals surface area (Å²) in [5, 5.41) is 0.